The first-order chi connectivity index (χ1) is 17.4. The third-order valence-corrected chi connectivity index (χ3v) is 7.03. The number of rotatable bonds is 6. The molecule has 1 aromatic carbocycles. The molecule has 7 nitrogen and oxygen atoms in total. The number of carbonyl (C=O) groups excluding carboxylic acids is 2. The zero-order chi connectivity index (χ0) is 27.1. The predicted octanol–water partition coefficient (Wildman–Crippen LogP) is 3.51. The summed E-state index contributed by atoms with van der Waals surface area (Å²) in [6.45, 7) is 3.88. The molecule has 2 aromatic rings. The number of halogens is 5. The number of anilines is 2. The van der Waals surface area contributed by atoms with Crippen molar-refractivity contribution in [2.24, 2.45) is 0 Å². The van der Waals surface area contributed by atoms with Crippen LogP contribution in [0, 0.1) is 18.6 Å². The predicted molar refractivity (Wildman–Crippen MR) is 127 cm³/mol. The highest BCUT2D eigenvalue weighted by Gasteiger charge is 2.44. The van der Waals surface area contributed by atoms with Crippen molar-refractivity contribution in [2.75, 3.05) is 36.5 Å². The molecule has 0 saturated carbocycles. The van der Waals surface area contributed by atoms with E-state index in [1.54, 1.807) is 11.8 Å². The average Bonchev–Trinajstić information content (AvgIpc) is 3.47. The van der Waals surface area contributed by atoms with Crippen molar-refractivity contribution < 1.29 is 31.5 Å². The number of aryl methyl sites for hydroxylation is 1. The molecule has 200 valence electrons. The molecule has 0 spiro atoms. The highest BCUT2D eigenvalue weighted by Crippen LogP contribution is 2.35. The first-order valence-electron chi connectivity index (χ1n) is 12.0. The molecule has 0 bridgehead atoms. The minimum atomic E-state index is -4.60. The minimum Gasteiger partial charge on any atom is -0.354 e. The summed E-state index contributed by atoms with van der Waals surface area (Å²) in [7, 11) is 1.82. The van der Waals surface area contributed by atoms with Crippen LogP contribution in [0.4, 0.5) is 33.5 Å². The van der Waals surface area contributed by atoms with E-state index in [2.05, 4.69) is 10.3 Å². The average molecular weight is 526 g/mol. The van der Waals surface area contributed by atoms with Gasteiger partial charge in [-0.25, -0.2) is 13.8 Å². The Morgan fingerprint density at radius 2 is 1.89 bits per heavy atom. The van der Waals surface area contributed by atoms with Crippen LogP contribution in [0.15, 0.2) is 30.3 Å². The monoisotopic (exact) mass is 525 g/mol. The summed E-state index contributed by atoms with van der Waals surface area (Å²) in [5.41, 5.74) is -0.593. The van der Waals surface area contributed by atoms with Crippen LogP contribution >= 0.6 is 0 Å². The van der Waals surface area contributed by atoms with Crippen LogP contribution in [-0.4, -0.2) is 66.5 Å². The second kappa shape index (κ2) is 10.2. The summed E-state index contributed by atoms with van der Waals surface area (Å²) in [4.78, 5) is 34.6. The fourth-order valence-corrected chi connectivity index (χ4v) is 5.03. The first-order valence-corrected chi connectivity index (χ1v) is 12.0. The van der Waals surface area contributed by atoms with Crippen molar-refractivity contribution in [1.82, 2.24) is 15.2 Å². The molecule has 2 saturated heterocycles. The van der Waals surface area contributed by atoms with Crippen LogP contribution in [0.1, 0.15) is 31.0 Å². The van der Waals surface area contributed by atoms with E-state index in [-0.39, 0.29) is 61.1 Å². The van der Waals surface area contributed by atoms with Gasteiger partial charge in [-0.3, -0.25) is 14.5 Å². The Morgan fingerprint density at radius 3 is 2.49 bits per heavy atom. The number of carbonyl (C=O) groups is 2. The van der Waals surface area contributed by atoms with E-state index >= 15 is 0 Å². The second-order valence-corrected chi connectivity index (χ2v) is 9.42. The van der Waals surface area contributed by atoms with E-state index in [1.165, 1.54) is 17.9 Å². The van der Waals surface area contributed by atoms with Crippen LogP contribution in [0.2, 0.25) is 0 Å². The summed E-state index contributed by atoms with van der Waals surface area (Å²) >= 11 is 0. The maximum Gasteiger partial charge on any atom is 0.416 e. The number of pyridine rings is 1. The Balaban J connectivity index is 1.71. The van der Waals surface area contributed by atoms with Crippen molar-refractivity contribution >= 4 is 23.3 Å². The number of nitrogens with zero attached hydrogens (tertiary/aromatic N) is 4. The highest BCUT2D eigenvalue weighted by molar-refractivity contribution is 5.99. The molecule has 3 heterocycles. The van der Waals surface area contributed by atoms with E-state index in [9.17, 15) is 31.5 Å². The summed E-state index contributed by atoms with van der Waals surface area (Å²) in [5, 5.41) is 2.77. The maximum absolute atomic E-state index is 14.0. The molecular formula is C25H28F5N5O2. The zero-order valence-electron chi connectivity index (χ0n) is 20.6. The minimum absolute atomic E-state index is 0.00328. The van der Waals surface area contributed by atoms with Gasteiger partial charge < -0.3 is 15.1 Å². The molecule has 12 heteroatoms. The van der Waals surface area contributed by atoms with Crippen molar-refractivity contribution in [3.05, 3.63) is 53.2 Å². The van der Waals surface area contributed by atoms with Gasteiger partial charge >= 0.3 is 6.18 Å². The highest BCUT2D eigenvalue weighted by atomic mass is 19.4. The molecule has 2 fully saturated rings. The van der Waals surface area contributed by atoms with Crippen LogP contribution in [0.5, 0.6) is 0 Å². The topological polar surface area (TPSA) is 68.8 Å². The molecule has 1 aromatic heterocycles. The normalized spacial score (nSPS) is 22.0. The summed E-state index contributed by atoms with van der Waals surface area (Å²) in [6.07, 6.45) is -4.07. The third kappa shape index (κ3) is 5.53. The Kier molecular flexibility index (Phi) is 7.40. The van der Waals surface area contributed by atoms with E-state index < -0.39 is 35.3 Å². The van der Waals surface area contributed by atoms with Gasteiger partial charge in [0.2, 0.25) is 11.8 Å². The smallest absolute Gasteiger partial charge is 0.354 e. The molecule has 2 aliphatic heterocycles. The molecule has 2 amide bonds. The summed E-state index contributed by atoms with van der Waals surface area (Å²) in [6, 6.07) is 3.67. The van der Waals surface area contributed by atoms with Gasteiger partial charge in [0.25, 0.3) is 0 Å². The zero-order valence-corrected chi connectivity index (χ0v) is 20.6. The number of hydrogen-bond donors (Lipinski definition) is 1. The summed E-state index contributed by atoms with van der Waals surface area (Å²) in [5.74, 6) is -2.73. The molecule has 1 unspecified atom stereocenters. The lowest BCUT2D eigenvalue weighted by Crippen LogP contribution is -2.46. The van der Waals surface area contributed by atoms with Crippen LogP contribution in [-0.2, 0) is 15.8 Å². The second-order valence-electron chi connectivity index (χ2n) is 9.42. The van der Waals surface area contributed by atoms with Gasteiger partial charge in [0.05, 0.1) is 5.56 Å². The van der Waals surface area contributed by atoms with Crippen molar-refractivity contribution in [1.29, 1.82) is 0 Å². The lowest BCUT2D eigenvalue weighted by molar-refractivity contribution is -0.137. The molecule has 4 rings (SSSR count). The summed E-state index contributed by atoms with van der Waals surface area (Å²) < 4.78 is 68.2. The molecule has 1 N–H and O–H groups in total. The Morgan fingerprint density at radius 1 is 1.16 bits per heavy atom. The first kappa shape index (κ1) is 26.8. The Hall–Kier alpha value is -3.28. The van der Waals surface area contributed by atoms with E-state index in [1.807, 2.05) is 11.9 Å². The van der Waals surface area contributed by atoms with Crippen molar-refractivity contribution in [3.63, 3.8) is 0 Å². The Bertz CT molecular complexity index is 1190. The largest absolute Gasteiger partial charge is 0.416 e. The van der Waals surface area contributed by atoms with Crippen molar-refractivity contribution in [2.45, 2.75) is 51.0 Å². The standard InChI is InChI=1S/C25H28F5N5O2/c1-4-34(16-5-6-19(26)20(27)9-16)24(37)21-10-18(33(3)17-11-23(36)31-12-17)13-35(21)22-8-15(25(28,29)30)7-14(2)32-22/h5-9,17-18,21H,4,10-13H2,1-3H3,(H,31,36)/t17?,18-,21-/m0/s1. The molecule has 3 atom stereocenters. The number of hydrogen-bond acceptors (Lipinski definition) is 5. The number of nitrogens with one attached hydrogen (secondary N) is 1. The van der Waals surface area contributed by atoms with Gasteiger partial charge in [0.15, 0.2) is 11.6 Å². The maximum atomic E-state index is 14.0. The number of alkyl halides is 3. The fraction of sp³-hybridized carbons (Fsp3) is 0.480. The lowest BCUT2D eigenvalue weighted by atomic mass is 10.1. The fourth-order valence-electron chi connectivity index (χ4n) is 5.03. The van der Waals surface area contributed by atoms with Gasteiger partial charge in [-0.2, -0.15) is 13.2 Å². The number of benzene rings is 1. The molecule has 0 aliphatic carbocycles. The van der Waals surface area contributed by atoms with Gasteiger partial charge in [0.1, 0.15) is 11.9 Å². The number of aromatic nitrogens is 1. The van der Waals surface area contributed by atoms with Crippen molar-refractivity contribution in [3.8, 4) is 0 Å². The third-order valence-electron chi connectivity index (χ3n) is 7.03. The quantitative estimate of drug-likeness (QED) is 0.585. The van der Waals surface area contributed by atoms with Crippen LogP contribution in [0.3, 0.4) is 0 Å². The molecular weight excluding hydrogens is 497 g/mol. The van der Waals surface area contributed by atoms with Gasteiger partial charge in [0, 0.05) is 55.6 Å². The lowest BCUT2D eigenvalue weighted by Gasteiger charge is -2.31. The van der Waals surface area contributed by atoms with Gasteiger partial charge in [-0.15, -0.1) is 0 Å². The molecule has 0 radical (unpaired) electrons. The number of amides is 2. The number of likely N-dealkylation sites (N-methyl/N-ethyl adjacent to an activating group) is 2. The van der Waals surface area contributed by atoms with Crippen LogP contribution in [0.25, 0.3) is 0 Å². The molecule has 37 heavy (non-hydrogen) atoms. The van der Waals surface area contributed by atoms with E-state index in [0.717, 1.165) is 24.3 Å². The van der Waals surface area contributed by atoms with Gasteiger partial charge in [-0.05, 0) is 51.6 Å². The Labute approximate surface area is 211 Å². The van der Waals surface area contributed by atoms with Crippen LogP contribution < -0.4 is 15.1 Å². The SMILES string of the molecule is CCN(C(=O)[C@@H]1C[C@H](N(C)C2CNC(=O)C2)CN1c1cc(C(F)(F)F)cc(C)n1)c1ccc(F)c(F)c1. The van der Waals surface area contributed by atoms with Gasteiger partial charge in [-0.1, -0.05) is 0 Å². The van der Waals surface area contributed by atoms with E-state index in [4.69, 9.17) is 0 Å². The van der Waals surface area contributed by atoms with E-state index in [0.29, 0.717) is 6.54 Å². The molecule has 2 aliphatic rings.